The summed E-state index contributed by atoms with van der Waals surface area (Å²) in [6, 6.07) is 23.1. The lowest BCUT2D eigenvalue weighted by molar-refractivity contribution is -0.127. The number of hydrogen-bond acceptors (Lipinski definition) is 3. The molecule has 0 spiro atoms. The molecule has 162 valence electrons. The van der Waals surface area contributed by atoms with E-state index in [1.165, 1.54) is 4.90 Å². The van der Waals surface area contributed by atoms with Gasteiger partial charge in [-0.1, -0.05) is 60.1 Å². The van der Waals surface area contributed by atoms with Crippen LogP contribution in [0.1, 0.15) is 12.5 Å². The fraction of sp³-hybridized carbons (Fsp3) is 0.154. The van der Waals surface area contributed by atoms with Gasteiger partial charge in [-0.2, -0.15) is 0 Å². The number of methoxy groups -OCH3 is 1. The summed E-state index contributed by atoms with van der Waals surface area (Å²) in [5, 5.41) is 0.563. The number of anilines is 2. The van der Waals surface area contributed by atoms with Crippen LogP contribution in [0, 0.1) is 0 Å². The zero-order chi connectivity index (χ0) is 22.7. The van der Waals surface area contributed by atoms with Crippen LogP contribution >= 0.6 is 11.6 Å². The van der Waals surface area contributed by atoms with Crippen molar-refractivity contribution in [1.29, 1.82) is 0 Å². The van der Waals surface area contributed by atoms with Crippen LogP contribution in [0.3, 0.4) is 0 Å². The molecule has 0 bridgehead atoms. The van der Waals surface area contributed by atoms with Gasteiger partial charge in [-0.15, -0.1) is 0 Å². The highest BCUT2D eigenvalue weighted by atomic mass is 35.5. The van der Waals surface area contributed by atoms with Gasteiger partial charge in [0.05, 0.1) is 12.8 Å². The van der Waals surface area contributed by atoms with Gasteiger partial charge in [-0.3, -0.25) is 19.4 Å². The molecule has 6 heteroatoms. The van der Waals surface area contributed by atoms with E-state index in [2.05, 4.69) is 0 Å². The van der Waals surface area contributed by atoms with Crippen molar-refractivity contribution in [3.63, 3.8) is 0 Å². The van der Waals surface area contributed by atoms with E-state index in [1.807, 2.05) is 55.5 Å². The van der Waals surface area contributed by atoms with E-state index in [-0.39, 0.29) is 18.4 Å². The van der Waals surface area contributed by atoms with Crippen LogP contribution in [0.4, 0.5) is 11.4 Å². The van der Waals surface area contributed by atoms with E-state index in [0.717, 1.165) is 11.1 Å². The van der Waals surface area contributed by atoms with Crippen LogP contribution in [0.2, 0.25) is 5.02 Å². The summed E-state index contributed by atoms with van der Waals surface area (Å²) in [4.78, 5) is 30.3. The molecular formula is C26H23ClN2O3. The van der Waals surface area contributed by atoms with Gasteiger partial charge in [0.1, 0.15) is 18.3 Å². The molecule has 1 aliphatic heterocycles. The van der Waals surface area contributed by atoms with E-state index in [1.54, 1.807) is 48.4 Å². The Kier molecular flexibility index (Phi) is 6.28. The third kappa shape index (κ3) is 4.25. The first-order valence-electron chi connectivity index (χ1n) is 10.2. The van der Waals surface area contributed by atoms with E-state index >= 15 is 0 Å². The van der Waals surface area contributed by atoms with Crippen molar-refractivity contribution >= 4 is 40.9 Å². The second kappa shape index (κ2) is 9.28. The summed E-state index contributed by atoms with van der Waals surface area (Å²) >= 11 is 6.05. The van der Waals surface area contributed by atoms with Gasteiger partial charge in [-0.25, -0.2) is 0 Å². The van der Waals surface area contributed by atoms with Crippen molar-refractivity contribution in [2.75, 3.05) is 23.5 Å². The molecule has 0 N–H and O–H groups in total. The quantitative estimate of drug-likeness (QED) is 0.541. The van der Waals surface area contributed by atoms with Gasteiger partial charge in [0.2, 0.25) is 5.91 Å². The van der Waals surface area contributed by atoms with Crippen LogP contribution in [-0.2, 0) is 9.59 Å². The molecule has 0 radical (unpaired) electrons. The average Bonchev–Trinajstić information content (AvgIpc) is 2.81. The lowest BCUT2D eigenvalue weighted by Crippen LogP contribution is -2.61. The van der Waals surface area contributed by atoms with Gasteiger partial charge < -0.3 is 4.74 Å². The van der Waals surface area contributed by atoms with Crippen molar-refractivity contribution < 1.29 is 14.3 Å². The predicted octanol–water partition coefficient (Wildman–Crippen LogP) is 5.20. The second-order valence-electron chi connectivity index (χ2n) is 7.54. The van der Waals surface area contributed by atoms with Crippen LogP contribution in [0.25, 0.3) is 6.08 Å². The van der Waals surface area contributed by atoms with E-state index in [4.69, 9.17) is 16.3 Å². The maximum absolute atomic E-state index is 13.8. The number of piperazine rings is 1. The Hall–Kier alpha value is -3.57. The molecule has 1 aliphatic rings. The van der Waals surface area contributed by atoms with Crippen molar-refractivity contribution in [3.05, 3.63) is 95.0 Å². The molecule has 0 saturated carbocycles. The molecule has 0 aromatic heterocycles. The SMILES string of the molecule is COc1ccccc1N1CC(=O)N(c2ccc(Cl)cc2)[C@H](/C(C)=C\c2ccccc2)C1=O. The van der Waals surface area contributed by atoms with Crippen molar-refractivity contribution in [1.82, 2.24) is 0 Å². The third-order valence-corrected chi connectivity index (χ3v) is 5.68. The Morgan fingerprint density at radius 3 is 2.31 bits per heavy atom. The molecule has 3 aromatic carbocycles. The molecule has 1 atom stereocenters. The van der Waals surface area contributed by atoms with Crippen molar-refractivity contribution in [2.24, 2.45) is 0 Å². The monoisotopic (exact) mass is 446 g/mol. The molecule has 1 fully saturated rings. The molecule has 1 heterocycles. The van der Waals surface area contributed by atoms with Crippen LogP contribution in [-0.4, -0.2) is 31.5 Å². The maximum atomic E-state index is 13.8. The Bertz CT molecular complexity index is 1160. The number of para-hydroxylation sites is 2. The van der Waals surface area contributed by atoms with Crippen molar-refractivity contribution in [3.8, 4) is 5.75 Å². The van der Waals surface area contributed by atoms with Crippen molar-refractivity contribution in [2.45, 2.75) is 13.0 Å². The topological polar surface area (TPSA) is 49.9 Å². The predicted molar refractivity (Wildman–Crippen MR) is 128 cm³/mol. The molecule has 1 saturated heterocycles. The number of nitrogens with zero attached hydrogens (tertiary/aromatic N) is 2. The van der Waals surface area contributed by atoms with Gasteiger partial charge in [0, 0.05) is 10.7 Å². The summed E-state index contributed by atoms with van der Waals surface area (Å²) in [6.45, 7) is 1.79. The van der Waals surface area contributed by atoms with E-state index < -0.39 is 6.04 Å². The second-order valence-corrected chi connectivity index (χ2v) is 7.97. The summed E-state index contributed by atoms with van der Waals surface area (Å²) < 4.78 is 5.45. The number of hydrogen-bond donors (Lipinski definition) is 0. The molecule has 4 rings (SSSR count). The molecule has 5 nitrogen and oxygen atoms in total. The van der Waals surface area contributed by atoms with E-state index in [0.29, 0.717) is 22.1 Å². The summed E-state index contributed by atoms with van der Waals surface area (Å²) in [5.74, 6) is 0.148. The molecule has 32 heavy (non-hydrogen) atoms. The minimum Gasteiger partial charge on any atom is -0.495 e. The first kappa shape index (κ1) is 21.7. The first-order chi connectivity index (χ1) is 15.5. The fourth-order valence-corrected chi connectivity index (χ4v) is 4.06. The Balaban J connectivity index is 1.81. The Labute approximate surface area is 192 Å². The zero-order valence-corrected chi connectivity index (χ0v) is 18.6. The molecule has 0 aliphatic carbocycles. The van der Waals surface area contributed by atoms with Crippen LogP contribution in [0.5, 0.6) is 5.75 Å². The van der Waals surface area contributed by atoms with E-state index in [9.17, 15) is 9.59 Å². The Morgan fingerprint density at radius 2 is 1.62 bits per heavy atom. The molecule has 2 amide bonds. The van der Waals surface area contributed by atoms with Gasteiger partial charge in [0.25, 0.3) is 5.91 Å². The number of halogens is 1. The number of carbonyl (C=O) groups is 2. The first-order valence-corrected chi connectivity index (χ1v) is 10.6. The standard InChI is InChI=1S/C26H23ClN2O3/c1-18(16-19-8-4-3-5-9-19)25-26(31)28(22-10-6-7-11-23(22)32-2)17-24(30)29(25)21-14-12-20(27)13-15-21/h3-16,25H,17H2,1-2H3/b18-16-/t25-/m1/s1. The normalized spacial score (nSPS) is 17.0. The highest BCUT2D eigenvalue weighted by molar-refractivity contribution is 6.30. The number of ether oxygens (including phenoxy) is 1. The molecular weight excluding hydrogens is 424 g/mol. The lowest BCUT2D eigenvalue weighted by atomic mass is 9.98. The summed E-state index contributed by atoms with van der Waals surface area (Å²) in [6.07, 6.45) is 1.94. The maximum Gasteiger partial charge on any atom is 0.255 e. The zero-order valence-electron chi connectivity index (χ0n) is 17.9. The van der Waals surface area contributed by atoms with Gasteiger partial charge in [-0.05, 0) is 54.5 Å². The number of rotatable bonds is 5. The lowest BCUT2D eigenvalue weighted by Gasteiger charge is -2.41. The minimum atomic E-state index is -0.803. The molecule has 3 aromatic rings. The number of carbonyl (C=O) groups excluding carboxylic acids is 2. The van der Waals surface area contributed by atoms with Crippen LogP contribution in [0.15, 0.2) is 84.4 Å². The number of amides is 2. The molecule has 0 unspecified atom stereocenters. The summed E-state index contributed by atoms with van der Waals surface area (Å²) in [5.41, 5.74) is 2.90. The van der Waals surface area contributed by atoms with Gasteiger partial charge in [0.15, 0.2) is 0 Å². The largest absolute Gasteiger partial charge is 0.495 e. The highest BCUT2D eigenvalue weighted by Crippen LogP contribution is 2.34. The smallest absolute Gasteiger partial charge is 0.255 e. The average molecular weight is 447 g/mol. The minimum absolute atomic E-state index is 0.0864. The summed E-state index contributed by atoms with van der Waals surface area (Å²) in [7, 11) is 1.55. The van der Waals surface area contributed by atoms with Gasteiger partial charge >= 0.3 is 0 Å². The fourth-order valence-electron chi connectivity index (χ4n) is 3.93. The van der Waals surface area contributed by atoms with Crippen LogP contribution < -0.4 is 14.5 Å². The third-order valence-electron chi connectivity index (χ3n) is 5.43. The Morgan fingerprint density at radius 1 is 0.969 bits per heavy atom. The number of benzene rings is 3. The highest BCUT2D eigenvalue weighted by Gasteiger charge is 2.42.